The predicted molar refractivity (Wildman–Crippen MR) is 58.2 cm³/mol. The summed E-state index contributed by atoms with van der Waals surface area (Å²) < 4.78 is 16.0. The van der Waals surface area contributed by atoms with Gasteiger partial charge in [-0.15, -0.1) is 0 Å². The van der Waals surface area contributed by atoms with Crippen LogP contribution in [0.5, 0.6) is 11.5 Å². The third-order valence-corrected chi connectivity index (χ3v) is 2.32. The molecule has 0 N–H and O–H groups in total. The van der Waals surface area contributed by atoms with E-state index in [1.54, 1.807) is 26.4 Å². The summed E-state index contributed by atoms with van der Waals surface area (Å²) in [6.07, 6.45) is 0. The minimum atomic E-state index is 0.163. The first-order valence-electron chi connectivity index (χ1n) is 3.83. The Morgan fingerprint density at radius 2 is 2.07 bits per heavy atom. The smallest absolute Gasteiger partial charge is 0.188 e. The molecule has 0 unspecified atom stereocenters. The van der Waals surface area contributed by atoms with Crippen LogP contribution in [0.25, 0.3) is 0 Å². The van der Waals surface area contributed by atoms with Crippen LogP contribution in [0.2, 0.25) is 5.02 Å². The Hall–Kier alpha value is -0.450. The zero-order chi connectivity index (χ0) is 10.6. The van der Waals surface area contributed by atoms with Gasteiger partial charge in [0.05, 0.1) is 11.6 Å². The lowest BCUT2D eigenvalue weighted by atomic mass is 10.3. The summed E-state index contributed by atoms with van der Waals surface area (Å²) in [6.45, 7) is 0.163. The van der Waals surface area contributed by atoms with Gasteiger partial charge in [-0.2, -0.15) is 0 Å². The average molecular weight is 282 g/mol. The molecule has 0 aliphatic rings. The molecule has 0 fully saturated rings. The summed E-state index contributed by atoms with van der Waals surface area (Å²) in [5, 5.41) is 0.582. The van der Waals surface area contributed by atoms with Crippen molar-refractivity contribution < 1.29 is 14.2 Å². The highest BCUT2D eigenvalue weighted by atomic mass is 79.9. The van der Waals surface area contributed by atoms with E-state index in [2.05, 4.69) is 15.9 Å². The topological polar surface area (TPSA) is 27.7 Å². The van der Waals surface area contributed by atoms with Gasteiger partial charge in [-0.05, 0) is 22.0 Å². The summed E-state index contributed by atoms with van der Waals surface area (Å²) in [5.74, 6) is 1.15. The molecule has 0 aromatic heterocycles. The fraction of sp³-hybridized carbons (Fsp3) is 0.333. The molecule has 1 rings (SSSR count). The third kappa shape index (κ3) is 2.77. The largest absolute Gasteiger partial charge is 0.493 e. The van der Waals surface area contributed by atoms with E-state index >= 15 is 0 Å². The number of halogens is 2. The molecule has 0 atom stereocenters. The van der Waals surface area contributed by atoms with Gasteiger partial charge in [0.25, 0.3) is 0 Å². The van der Waals surface area contributed by atoms with E-state index in [0.717, 1.165) is 4.47 Å². The second-order valence-electron chi connectivity index (χ2n) is 2.47. The van der Waals surface area contributed by atoms with Crippen LogP contribution in [0.15, 0.2) is 16.6 Å². The average Bonchev–Trinajstić information content (AvgIpc) is 2.15. The molecule has 0 bridgehead atoms. The van der Waals surface area contributed by atoms with E-state index in [1.807, 2.05) is 0 Å². The van der Waals surface area contributed by atoms with Crippen LogP contribution >= 0.6 is 27.5 Å². The molecular weight excluding hydrogens is 271 g/mol. The van der Waals surface area contributed by atoms with Crippen LogP contribution in [0.3, 0.4) is 0 Å². The highest BCUT2D eigenvalue weighted by molar-refractivity contribution is 9.10. The second-order valence-corrected chi connectivity index (χ2v) is 3.76. The normalized spacial score (nSPS) is 10.0. The maximum atomic E-state index is 5.84. The Kier molecular flexibility index (Phi) is 4.51. The molecule has 14 heavy (non-hydrogen) atoms. The van der Waals surface area contributed by atoms with Gasteiger partial charge in [0.15, 0.2) is 18.3 Å². The fourth-order valence-corrected chi connectivity index (χ4v) is 1.84. The molecule has 0 aliphatic carbocycles. The standard InChI is InChI=1S/C9H10BrClO3/c1-12-5-14-9-7(10)3-6(11)4-8(9)13-2/h3-4H,5H2,1-2H3. The van der Waals surface area contributed by atoms with Gasteiger partial charge in [-0.25, -0.2) is 0 Å². The molecule has 0 saturated carbocycles. The summed E-state index contributed by atoms with van der Waals surface area (Å²) in [5.41, 5.74) is 0. The number of benzene rings is 1. The summed E-state index contributed by atoms with van der Waals surface area (Å²) >= 11 is 9.16. The first kappa shape index (κ1) is 11.6. The van der Waals surface area contributed by atoms with Crippen molar-refractivity contribution in [2.24, 2.45) is 0 Å². The Balaban J connectivity index is 2.99. The van der Waals surface area contributed by atoms with Crippen LogP contribution in [-0.4, -0.2) is 21.0 Å². The second kappa shape index (κ2) is 5.44. The summed E-state index contributed by atoms with van der Waals surface area (Å²) in [7, 11) is 3.11. The fourth-order valence-electron chi connectivity index (χ4n) is 0.946. The van der Waals surface area contributed by atoms with Crippen LogP contribution in [0.1, 0.15) is 0 Å². The van der Waals surface area contributed by atoms with Crippen molar-refractivity contribution in [1.82, 2.24) is 0 Å². The van der Waals surface area contributed by atoms with Gasteiger partial charge in [-0.3, -0.25) is 0 Å². The van der Waals surface area contributed by atoms with Crippen molar-refractivity contribution in [1.29, 1.82) is 0 Å². The first-order chi connectivity index (χ1) is 6.69. The van der Waals surface area contributed by atoms with Crippen molar-refractivity contribution in [3.63, 3.8) is 0 Å². The molecule has 0 aliphatic heterocycles. The zero-order valence-corrected chi connectivity index (χ0v) is 10.2. The molecule has 0 amide bonds. The number of rotatable bonds is 4. The number of hydrogen-bond donors (Lipinski definition) is 0. The van der Waals surface area contributed by atoms with Crippen molar-refractivity contribution in [2.45, 2.75) is 0 Å². The van der Waals surface area contributed by atoms with E-state index in [-0.39, 0.29) is 6.79 Å². The Labute approximate surface area is 96.0 Å². The third-order valence-electron chi connectivity index (χ3n) is 1.52. The molecule has 78 valence electrons. The quantitative estimate of drug-likeness (QED) is 0.794. The lowest BCUT2D eigenvalue weighted by molar-refractivity contribution is 0.0486. The number of hydrogen-bond acceptors (Lipinski definition) is 3. The van der Waals surface area contributed by atoms with E-state index in [0.29, 0.717) is 16.5 Å². The number of ether oxygens (including phenoxy) is 3. The zero-order valence-electron chi connectivity index (χ0n) is 7.84. The molecule has 0 spiro atoms. The van der Waals surface area contributed by atoms with Gasteiger partial charge >= 0.3 is 0 Å². The van der Waals surface area contributed by atoms with E-state index in [9.17, 15) is 0 Å². The van der Waals surface area contributed by atoms with Gasteiger partial charge < -0.3 is 14.2 Å². The van der Waals surface area contributed by atoms with E-state index in [4.69, 9.17) is 25.8 Å². The highest BCUT2D eigenvalue weighted by Crippen LogP contribution is 2.37. The van der Waals surface area contributed by atoms with Crippen molar-refractivity contribution in [3.05, 3.63) is 21.6 Å². The number of methoxy groups -OCH3 is 2. The molecule has 1 aromatic carbocycles. The maximum Gasteiger partial charge on any atom is 0.188 e. The maximum absolute atomic E-state index is 5.84. The van der Waals surface area contributed by atoms with Crippen LogP contribution in [0, 0.1) is 0 Å². The monoisotopic (exact) mass is 280 g/mol. The highest BCUT2D eigenvalue weighted by Gasteiger charge is 2.10. The van der Waals surface area contributed by atoms with E-state index in [1.165, 1.54) is 0 Å². The first-order valence-corrected chi connectivity index (χ1v) is 5.01. The molecule has 0 saturated heterocycles. The summed E-state index contributed by atoms with van der Waals surface area (Å²) in [6, 6.07) is 3.41. The van der Waals surface area contributed by atoms with Crippen molar-refractivity contribution in [2.75, 3.05) is 21.0 Å². The SMILES string of the molecule is COCOc1c(Br)cc(Cl)cc1OC. The van der Waals surface area contributed by atoms with Gasteiger partial charge in [-0.1, -0.05) is 11.6 Å². The van der Waals surface area contributed by atoms with Crippen molar-refractivity contribution in [3.8, 4) is 11.5 Å². The molecule has 3 nitrogen and oxygen atoms in total. The molecule has 0 radical (unpaired) electrons. The molecule has 0 heterocycles. The molecule has 5 heteroatoms. The minimum absolute atomic E-state index is 0.163. The predicted octanol–water partition coefficient (Wildman–Crippen LogP) is 3.09. The molecular formula is C9H10BrClO3. The van der Waals surface area contributed by atoms with Gasteiger partial charge in [0.2, 0.25) is 0 Å². The van der Waals surface area contributed by atoms with E-state index < -0.39 is 0 Å². The Bertz CT molecular complexity index is 317. The van der Waals surface area contributed by atoms with Gasteiger partial charge in [0.1, 0.15) is 0 Å². The van der Waals surface area contributed by atoms with Crippen LogP contribution in [-0.2, 0) is 4.74 Å². The Morgan fingerprint density at radius 3 is 2.64 bits per heavy atom. The van der Waals surface area contributed by atoms with Crippen LogP contribution in [0.4, 0.5) is 0 Å². The molecule has 1 aromatic rings. The Morgan fingerprint density at radius 1 is 1.36 bits per heavy atom. The summed E-state index contributed by atoms with van der Waals surface area (Å²) in [4.78, 5) is 0. The van der Waals surface area contributed by atoms with Gasteiger partial charge in [0, 0.05) is 18.2 Å². The van der Waals surface area contributed by atoms with Crippen molar-refractivity contribution >= 4 is 27.5 Å². The van der Waals surface area contributed by atoms with Crippen LogP contribution < -0.4 is 9.47 Å². The minimum Gasteiger partial charge on any atom is -0.493 e. The lowest BCUT2D eigenvalue weighted by Gasteiger charge is -2.11. The lowest BCUT2D eigenvalue weighted by Crippen LogP contribution is -2.01.